The Kier molecular flexibility index (Phi) is 6.96. The molecule has 1 aliphatic heterocycles. The lowest BCUT2D eigenvalue weighted by atomic mass is 9.98. The maximum absolute atomic E-state index is 14.3. The summed E-state index contributed by atoms with van der Waals surface area (Å²) in [6, 6.07) is 3.77. The first-order valence-corrected chi connectivity index (χ1v) is 8.63. The van der Waals surface area contributed by atoms with Gasteiger partial charge in [-0.3, -0.25) is 4.90 Å². The normalized spacial score (nSPS) is 20.0. The topological polar surface area (TPSA) is 24.5 Å². The molecule has 3 nitrogen and oxygen atoms in total. The van der Waals surface area contributed by atoms with Gasteiger partial charge in [0.15, 0.2) is 11.6 Å². The molecule has 1 atom stereocenters. The number of nitrogens with zero attached hydrogens (tertiary/aromatic N) is 1. The summed E-state index contributed by atoms with van der Waals surface area (Å²) in [5.74, 6) is 0.618. The number of ether oxygens (including phenoxy) is 1. The van der Waals surface area contributed by atoms with E-state index in [-0.39, 0.29) is 30.0 Å². The summed E-state index contributed by atoms with van der Waals surface area (Å²) in [4.78, 5) is 2.46. The monoisotopic (exact) mass is 362 g/mol. The van der Waals surface area contributed by atoms with Crippen molar-refractivity contribution in [2.75, 3.05) is 32.8 Å². The molecule has 1 aromatic rings. The van der Waals surface area contributed by atoms with Crippen molar-refractivity contribution < 1.29 is 9.13 Å². The van der Waals surface area contributed by atoms with E-state index in [4.69, 9.17) is 16.3 Å². The van der Waals surface area contributed by atoms with Gasteiger partial charge in [0.05, 0.1) is 11.6 Å². The van der Waals surface area contributed by atoms with Crippen LogP contribution >= 0.6 is 24.0 Å². The van der Waals surface area contributed by atoms with Crippen molar-refractivity contribution in [1.29, 1.82) is 0 Å². The molecule has 1 N–H and O–H groups in total. The van der Waals surface area contributed by atoms with Gasteiger partial charge in [-0.05, 0) is 37.0 Å². The van der Waals surface area contributed by atoms with Crippen molar-refractivity contribution in [1.82, 2.24) is 10.2 Å². The quantitative estimate of drug-likeness (QED) is 0.826. The van der Waals surface area contributed by atoms with E-state index < -0.39 is 0 Å². The molecule has 0 amide bonds. The van der Waals surface area contributed by atoms with E-state index in [0.717, 1.165) is 44.1 Å². The number of rotatable bonds is 6. The standard InChI is InChI=1S/C17H24ClFN2O.ClH/c1-2-22-17-14(18)10-13(11-15(17)19)16(9-12-3-4-12)21-7-5-20-6-8-21;/h10-12,16,20H,2-9H2,1H3;1H/t16-;/m0./s1. The summed E-state index contributed by atoms with van der Waals surface area (Å²) >= 11 is 6.25. The van der Waals surface area contributed by atoms with Crippen molar-refractivity contribution in [2.45, 2.75) is 32.2 Å². The van der Waals surface area contributed by atoms with E-state index in [1.807, 2.05) is 13.0 Å². The van der Waals surface area contributed by atoms with E-state index in [2.05, 4.69) is 10.2 Å². The first-order chi connectivity index (χ1) is 10.7. The van der Waals surface area contributed by atoms with E-state index in [1.165, 1.54) is 12.8 Å². The molecule has 3 rings (SSSR count). The molecule has 1 saturated carbocycles. The number of benzene rings is 1. The molecule has 1 heterocycles. The Morgan fingerprint density at radius 1 is 1.35 bits per heavy atom. The van der Waals surface area contributed by atoms with Crippen LogP contribution in [0, 0.1) is 11.7 Å². The molecule has 0 spiro atoms. The molecule has 0 radical (unpaired) electrons. The highest BCUT2D eigenvalue weighted by Crippen LogP contribution is 2.42. The molecule has 0 bridgehead atoms. The Bertz CT molecular complexity index is 496. The third-order valence-electron chi connectivity index (χ3n) is 4.54. The summed E-state index contributed by atoms with van der Waals surface area (Å²) in [6.45, 7) is 6.25. The molecule has 130 valence electrons. The van der Waals surface area contributed by atoms with Gasteiger partial charge in [0.25, 0.3) is 0 Å². The van der Waals surface area contributed by atoms with Crippen LogP contribution in [0.15, 0.2) is 12.1 Å². The minimum atomic E-state index is -0.347. The Morgan fingerprint density at radius 2 is 2.04 bits per heavy atom. The highest BCUT2D eigenvalue weighted by molar-refractivity contribution is 6.32. The lowest BCUT2D eigenvalue weighted by molar-refractivity contribution is 0.160. The first kappa shape index (κ1) is 18.8. The Labute approximate surface area is 148 Å². The second kappa shape index (κ2) is 8.52. The molecule has 1 aromatic carbocycles. The summed E-state index contributed by atoms with van der Waals surface area (Å²) < 4.78 is 19.6. The highest BCUT2D eigenvalue weighted by Gasteiger charge is 2.31. The average molecular weight is 363 g/mol. The average Bonchev–Trinajstić information content (AvgIpc) is 3.33. The second-order valence-electron chi connectivity index (χ2n) is 6.23. The van der Waals surface area contributed by atoms with Gasteiger partial charge in [0.2, 0.25) is 0 Å². The van der Waals surface area contributed by atoms with Crippen LogP contribution in [0.3, 0.4) is 0 Å². The number of hydrogen-bond donors (Lipinski definition) is 1. The number of hydrogen-bond acceptors (Lipinski definition) is 3. The van der Waals surface area contributed by atoms with Crippen LogP contribution in [0.25, 0.3) is 0 Å². The largest absolute Gasteiger partial charge is 0.489 e. The zero-order valence-corrected chi connectivity index (χ0v) is 15.1. The minimum Gasteiger partial charge on any atom is -0.489 e. The second-order valence-corrected chi connectivity index (χ2v) is 6.63. The van der Waals surface area contributed by atoms with Gasteiger partial charge in [-0.25, -0.2) is 4.39 Å². The van der Waals surface area contributed by atoms with Gasteiger partial charge in [-0.2, -0.15) is 0 Å². The SMILES string of the molecule is CCOc1c(F)cc([C@H](CC2CC2)N2CCNCC2)cc1Cl.Cl. The zero-order chi connectivity index (χ0) is 15.5. The molecular weight excluding hydrogens is 338 g/mol. The van der Waals surface area contributed by atoms with Crippen molar-refractivity contribution in [2.24, 2.45) is 5.92 Å². The predicted molar refractivity (Wildman–Crippen MR) is 94.4 cm³/mol. The highest BCUT2D eigenvalue weighted by atomic mass is 35.5. The maximum Gasteiger partial charge on any atom is 0.173 e. The zero-order valence-electron chi connectivity index (χ0n) is 13.5. The Balaban J connectivity index is 0.00000192. The van der Waals surface area contributed by atoms with Crippen molar-refractivity contribution in [3.05, 3.63) is 28.5 Å². The van der Waals surface area contributed by atoms with Crippen LogP contribution in [0.1, 0.15) is 37.8 Å². The molecule has 6 heteroatoms. The number of piperazine rings is 1. The van der Waals surface area contributed by atoms with Crippen LogP contribution in [0.4, 0.5) is 4.39 Å². The third kappa shape index (κ3) is 4.72. The van der Waals surface area contributed by atoms with E-state index in [1.54, 1.807) is 6.07 Å². The Morgan fingerprint density at radius 3 is 2.61 bits per heavy atom. The van der Waals surface area contributed by atoms with Gasteiger partial charge in [0, 0.05) is 32.2 Å². The van der Waals surface area contributed by atoms with E-state index in [9.17, 15) is 4.39 Å². The smallest absolute Gasteiger partial charge is 0.173 e. The van der Waals surface area contributed by atoms with Gasteiger partial charge in [-0.15, -0.1) is 12.4 Å². The van der Waals surface area contributed by atoms with Crippen LogP contribution in [0.5, 0.6) is 5.75 Å². The molecule has 1 saturated heterocycles. The van der Waals surface area contributed by atoms with Gasteiger partial charge in [0.1, 0.15) is 0 Å². The molecule has 0 aromatic heterocycles. The fourth-order valence-electron chi connectivity index (χ4n) is 3.21. The van der Waals surface area contributed by atoms with Crippen LogP contribution in [-0.2, 0) is 0 Å². The fraction of sp³-hybridized carbons (Fsp3) is 0.647. The molecular formula is C17H25Cl2FN2O. The molecule has 1 aliphatic carbocycles. The van der Waals surface area contributed by atoms with Crippen molar-refractivity contribution >= 4 is 24.0 Å². The lowest BCUT2D eigenvalue weighted by Crippen LogP contribution is -2.45. The Hall–Kier alpha value is -0.550. The molecule has 2 fully saturated rings. The fourth-order valence-corrected chi connectivity index (χ4v) is 3.48. The summed E-state index contributed by atoms with van der Waals surface area (Å²) in [6.07, 6.45) is 3.70. The summed E-state index contributed by atoms with van der Waals surface area (Å²) in [5, 5.41) is 3.76. The third-order valence-corrected chi connectivity index (χ3v) is 4.82. The molecule has 2 aliphatic rings. The van der Waals surface area contributed by atoms with Crippen LogP contribution in [0.2, 0.25) is 5.02 Å². The molecule has 0 unspecified atom stereocenters. The van der Waals surface area contributed by atoms with Crippen molar-refractivity contribution in [3.63, 3.8) is 0 Å². The minimum absolute atomic E-state index is 0. The number of halogens is 3. The summed E-state index contributed by atoms with van der Waals surface area (Å²) in [5.41, 5.74) is 0.986. The van der Waals surface area contributed by atoms with E-state index >= 15 is 0 Å². The molecule has 23 heavy (non-hydrogen) atoms. The lowest BCUT2D eigenvalue weighted by Gasteiger charge is -2.35. The van der Waals surface area contributed by atoms with Gasteiger partial charge in [-0.1, -0.05) is 24.4 Å². The summed E-state index contributed by atoms with van der Waals surface area (Å²) in [7, 11) is 0. The first-order valence-electron chi connectivity index (χ1n) is 8.25. The van der Waals surface area contributed by atoms with E-state index in [0.29, 0.717) is 11.6 Å². The predicted octanol–water partition coefficient (Wildman–Crippen LogP) is 4.05. The number of nitrogens with one attached hydrogen (secondary N) is 1. The van der Waals surface area contributed by atoms with Crippen LogP contribution in [-0.4, -0.2) is 37.7 Å². The van der Waals surface area contributed by atoms with Crippen LogP contribution < -0.4 is 10.1 Å². The van der Waals surface area contributed by atoms with Crippen molar-refractivity contribution in [3.8, 4) is 5.75 Å². The maximum atomic E-state index is 14.3. The van der Waals surface area contributed by atoms with Gasteiger partial charge >= 0.3 is 0 Å². The van der Waals surface area contributed by atoms with Gasteiger partial charge < -0.3 is 10.1 Å².